The van der Waals surface area contributed by atoms with Crippen molar-refractivity contribution in [3.8, 4) is 5.69 Å². The number of aryl methyl sites for hydroxylation is 3. The van der Waals surface area contributed by atoms with Gasteiger partial charge in [-0.2, -0.15) is 14.9 Å². The number of benzene rings is 1. The van der Waals surface area contributed by atoms with E-state index < -0.39 is 0 Å². The molecule has 0 aliphatic heterocycles. The first-order valence-corrected chi connectivity index (χ1v) is 8.81. The third-order valence-corrected chi connectivity index (χ3v) is 4.90. The number of aromatic nitrogens is 4. The van der Waals surface area contributed by atoms with E-state index in [1.165, 1.54) is 22.5 Å². The van der Waals surface area contributed by atoms with Crippen LogP contribution < -0.4 is 0 Å². The van der Waals surface area contributed by atoms with Crippen molar-refractivity contribution in [2.24, 2.45) is 5.10 Å². The Kier molecular flexibility index (Phi) is 4.72. The largest absolute Gasteiger partial charge is 0.318 e. The summed E-state index contributed by atoms with van der Waals surface area (Å²) in [5.41, 5.74) is 7.20. The summed E-state index contributed by atoms with van der Waals surface area (Å²) >= 11 is 5.25. The average Bonchev–Trinajstić information content (AvgIpc) is 3.08. The molecule has 5 nitrogen and oxygen atoms in total. The molecule has 0 aliphatic rings. The summed E-state index contributed by atoms with van der Waals surface area (Å²) in [5.74, 6) is 0.824. The Morgan fingerprint density at radius 3 is 2.72 bits per heavy atom. The van der Waals surface area contributed by atoms with Gasteiger partial charge in [0.25, 0.3) is 0 Å². The Balaban J connectivity index is 2.06. The highest BCUT2D eigenvalue weighted by atomic mass is 32.1. The average molecular weight is 353 g/mol. The highest BCUT2D eigenvalue weighted by Gasteiger charge is 2.12. The minimum Gasteiger partial charge on any atom is -0.318 e. The van der Waals surface area contributed by atoms with Gasteiger partial charge in [0.15, 0.2) is 5.82 Å². The maximum Gasteiger partial charge on any atom is 0.216 e. The van der Waals surface area contributed by atoms with Crippen LogP contribution >= 0.6 is 12.2 Å². The molecule has 3 aromatic rings. The number of nitrogens with one attached hydrogen (secondary N) is 1. The van der Waals surface area contributed by atoms with Gasteiger partial charge in [0, 0.05) is 29.1 Å². The van der Waals surface area contributed by atoms with Crippen LogP contribution in [0.25, 0.3) is 5.69 Å². The van der Waals surface area contributed by atoms with Crippen LogP contribution in [0.5, 0.6) is 0 Å². The predicted octanol–water partition coefficient (Wildman–Crippen LogP) is 4.41. The molecule has 0 unspecified atom stereocenters. The fourth-order valence-corrected chi connectivity index (χ4v) is 3.26. The summed E-state index contributed by atoms with van der Waals surface area (Å²) in [5, 5.41) is 11.5. The Labute approximate surface area is 153 Å². The molecule has 6 heteroatoms. The van der Waals surface area contributed by atoms with E-state index in [9.17, 15) is 0 Å². The van der Waals surface area contributed by atoms with E-state index >= 15 is 0 Å². The summed E-state index contributed by atoms with van der Waals surface area (Å²) in [6.45, 7) is 10.6. The van der Waals surface area contributed by atoms with Gasteiger partial charge in [0.1, 0.15) is 0 Å². The van der Waals surface area contributed by atoms with Crippen LogP contribution in [-0.4, -0.2) is 25.7 Å². The summed E-state index contributed by atoms with van der Waals surface area (Å²) < 4.78 is 4.47. The molecule has 0 spiro atoms. The van der Waals surface area contributed by atoms with Crippen LogP contribution in [0.2, 0.25) is 0 Å². The number of rotatable bonds is 4. The van der Waals surface area contributed by atoms with Gasteiger partial charge in [0.2, 0.25) is 4.77 Å². The van der Waals surface area contributed by atoms with E-state index in [1.807, 2.05) is 13.1 Å². The van der Waals surface area contributed by atoms with Crippen LogP contribution in [0.15, 0.2) is 29.4 Å². The lowest BCUT2D eigenvalue weighted by Crippen LogP contribution is -2.03. The summed E-state index contributed by atoms with van der Waals surface area (Å²) in [7, 11) is 0. The van der Waals surface area contributed by atoms with Gasteiger partial charge in [-0.15, -0.1) is 0 Å². The molecule has 0 radical (unpaired) electrons. The first-order chi connectivity index (χ1) is 11.9. The van der Waals surface area contributed by atoms with Gasteiger partial charge in [0.05, 0.1) is 6.21 Å². The number of hydrogen-bond donors (Lipinski definition) is 1. The second-order valence-corrected chi connectivity index (χ2v) is 6.62. The van der Waals surface area contributed by atoms with Gasteiger partial charge in [-0.25, -0.2) is 0 Å². The Morgan fingerprint density at radius 2 is 2.00 bits per heavy atom. The smallest absolute Gasteiger partial charge is 0.216 e. The van der Waals surface area contributed by atoms with E-state index in [2.05, 4.69) is 71.8 Å². The molecule has 25 heavy (non-hydrogen) atoms. The minimum absolute atomic E-state index is 0.511. The first kappa shape index (κ1) is 17.4. The SMILES string of the molecule is CCc1n[nH]c(=S)n1/N=C\c1cc(C)n(-c2cccc(C)c2C)c1C. The molecule has 1 N–H and O–H groups in total. The molecule has 130 valence electrons. The van der Waals surface area contributed by atoms with Gasteiger partial charge in [-0.3, -0.25) is 5.10 Å². The van der Waals surface area contributed by atoms with E-state index in [4.69, 9.17) is 12.2 Å². The molecule has 0 aliphatic carbocycles. The van der Waals surface area contributed by atoms with E-state index in [1.54, 1.807) is 4.68 Å². The molecule has 0 atom stereocenters. The van der Waals surface area contributed by atoms with E-state index in [0.717, 1.165) is 23.5 Å². The zero-order valence-corrected chi connectivity index (χ0v) is 16.1. The summed E-state index contributed by atoms with van der Waals surface area (Å²) in [6.07, 6.45) is 2.63. The molecule has 1 aromatic carbocycles. The predicted molar refractivity (Wildman–Crippen MR) is 104 cm³/mol. The first-order valence-electron chi connectivity index (χ1n) is 8.40. The molecule has 0 bridgehead atoms. The lowest BCUT2D eigenvalue weighted by molar-refractivity contribution is 0.780. The van der Waals surface area contributed by atoms with Crippen LogP contribution in [0.1, 0.15) is 40.8 Å². The van der Waals surface area contributed by atoms with E-state index in [0.29, 0.717) is 4.77 Å². The highest BCUT2D eigenvalue weighted by Crippen LogP contribution is 2.24. The zero-order chi connectivity index (χ0) is 18.1. The third-order valence-electron chi connectivity index (χ3n) is 4.63. The summed E-state index contributed by atoms with van der Waals surface area (Å²) in [6, 6.07) is 8.55. The van der Waals surface area contributed by atoms with Gasteiger partial charge < -0.3 is 4.57 Å². The minimum atomic E-state index is 0.511. The number of aromatic amines is 1. The Hall–Kier alpha value is -2.47. The number of hydrogen-bond acceptors (Lipinski definition) is 3. The zero-order valence-electron chi connectivity index (χ0n) is 15.3. The van der Waals surface area contributed by atoms with Gasteiger partial charge >= 0.3 is 0 Å². The van der Waals surface area contributed by atoms with Crippen LogP contribution in [-0.2, 0) is 6.42 Å². The van der Waals surface area contributed by atoms with Crippen LogP contribution in [0, 0.1) is 32.5 Å². The molecule has 3 rings (SSSR count). The lowest BCUT2D eigenvalue weighted by atomic mass is 10.1. The number of nitrogens with zero attached hydrogens (tertiary/aromatic N) is 4. The standard InChI is InChI=1S/C19H23N5S/c1-6-18-21-22-19(25)24(18)20-11-16-10-13(3)23(15(16)5)17-9-7-8-12(2)14(17)4/h7-11H,6H2,1-5H3,(H,22,25)/b20-11-. The van der Waals surface area contributed by atoms with Crippen molar-refractivity contribution in [3.05, 3.63) is 62.9 Å². The molecule has 0 amide bonds. The second kappa shape index (κ2) is 6.80. The molecule has 2 aromatic heterocycles. The molecule has 0 saturated carbocycles. The highest BCUT2D eigenvalue weighted by molar-refractivity contribution is 7.71. The fourth-order valence-electron chi connectivity index (χ4n) is 3.06. The molecular weight excluding hydrogens is 330 g/mol. The van der Waals surface area contributed by atoms with Crippen molar-refractivity contribution in [1.29, 1.82) is 0 Å². The van der Waals surface area contributed by atoms with Gasteiger partial charge in [-0.1, -0.05) is 19.1 Å². The van der Waals surface area contributed by atoms with Crippen molar-refractivity contribution in [2.45, 2.75) is 41.0 Å². The maximum atomic E-state index is 5.25. The van der Waals surface area contributed by atoms with Crippen molar-refractivity contribution in [3.63, 3.8) is 0 Å². The van der Waals surface area contributed by atoms with Crippen LogP contribution in [0.4, 0.5) is 0 Å². The van der Waals surface area contributed by atoms with Crippen molar-refractivity contribution in [1.82, 2.24) is 19.4 Å². The van der Waals surface area contributed by atoms with Crippen molar-refractivity contribution >= 4 is 18.4 Å². The molecular formula is C19H23N5S. The van der Waals surface area contributed by atoms with Crippen molar-refractivity contribution in [2.75, 3.05) is 0 Å². The third kappa shape index (κ3) is 3.09. The normalized spacial score (nSPS) is 11.6. The quantitative estimate of drug-likeness (QED) is 0.558. The van der Waals surface area contributed by atoms with Gasteiger partial charge in [-0.05, 0) is 63.2 Å². The molecule has 0 fully saturated rings. The van der Waals surface area contributed by atoms with Crippen molar-refractivity contribution < 1.29 is 0 Å². The molecule has 2 heterocycles. The Bertz CT molecular complexity index is 1000. The second-order valence-electron chi connectivity index (χ2n) is 6.24. The lowest BCUT2D eigenvalue weighted by Gasteiger charge is -2.14. The van der Waals surface area contributed by atoms with Crippen LogP contribution in [0.3, 0.4) is 0 Å². The maximum absolute atomic E-state index is 5.25. The summed E-state index contributed by atoms with van der Waals surface area (Å²) in [4.78, 5) is 0. The Morgan fingerprint density at radius 1 is 1.24 bits per heavy atom. The fraction of sp³-hybridized carbons (Fsp3) is 0.316. The van der Waals surface area contributed by atoms with E-state index in [-0.39, 0.29) is 0 Å². The monoisotopic (exact) mass is 353 g/mol. The molecule has 0 saturated heterocycles. The topological polar surface area (TPSA) is 50.9 Å². The number of H-pyrrole nitrogens is 1.